The van der Waals surface area contributed by atoms with E-state index in [1.54, 1.807) is 36.7 Å². The van der Waals surface area contributed by atoms with Crippen molar-refractivity contribution in [2.45, 2.75) is 24.7 Å². The first-order chi connectivity index (χ1) is 16.4. The number of carbonyl (C=O) groups is 1. The lowest BCUT2D eigenvalue weighted by Crippen LogP contribution is -2.41. The van der Waals surface area contributed by atoms with Crippen LogP contribution in [-0.4, -0.2) is 41.7 Å². The highest BCUT2D eigenvalue weighted by Gasteiger charge is 2.32. The van der Waals surface area contributed by atoms with E-state index in [1.807, 2.05) is 13.0 Å². The normalized spacial score (nSPS) is 14.8. The van der Waals surface area contributed by atoms with E-state index >= 15 is 0 Å². The van der Waals surface area contributed by atoms with Gasteiger partial charge in [0.25, 0.3) is 0 Å². The number of nitriles is 1. The van der Waals surface area contributed by atoms with Crippen molar-refractivity contribution in [3.8, 4) is 17.8 Å². The van der Waals surface area contributed by atoms with Crippen molar-refractivity contribution in [1.82, 2.24) is 14.3 Å². The predicted octanol–water partition coefficient (Wildman–Crippen LogP) is 3.49. The maximum atomic E-state index is 12.9. The molecule has 0 saturated carbocycles. The molecule has 0 aliphatic carbocycles. The zero-order valence-corrected chi connectivity index (χ0v) is 19.3. The van der Waals surface area contributed by atoms with Crippen molar-refractivity contribution in [1.29, 1.82) is 5.26 Å². The van der Waals surface area contributed by atoms with E-state index in [9.17, 15) is 13.2 Å². The second kappa shape index (κ2) is 9.99. The van der Waals surface area contributed by atoms with Crippen LogP contribution in [0.4, 0.5) is 5.69 Å². The van der Waals surface area contributed by atoms with Crippen LogP contribution in [0.2, 0.25) is 0 Å². The SMILES string of the molecule is Cc1cc(Oc2ncccn2)ccc1NC(=O)C1CCN(S(=O)(=O)c2ccc(C#N)cc2)CC1. The molecule has 3 aromatic rings. The average molecular weight is 478 g/mol. The fraction of sp³-hybridized carbons (Fsp3) is 0.250. The largest absolute Gasteiger partial charge is 0.424 e. The van der Waals surface area contributed by atoms with Gasteiger partial charge in [0.1, 0.15) is 5.75 Å². The van der Waals surface area contributed by atoms with Crippen molar-refractivity contribution >= 4 is 21.6 Å². The summed E-state index contributed by atoms with van der Waals surface area (Å²) in [5.74, 6) is 0.127. The van der Waals surface area contributed by atoms with Crippen molar-refractivity contribution in [2.24, 2.45) is 5.92 Å². The predicted molar refractivity (Wildman–Crippen MR) is 125 cm³/mol. The first-order valence-electron chi connectivity index (χ1n) is 10.7. The minimum Gasteiger partial charge on any atom is -0.424 e. The van der Waals surface area contributed by atoms with Gasteiger partial charge in [-0.25, -0.2) is 18.4 Å². The number of aromatic nitrogens is 2. The Bertz CT molecular complexity index is 1310. The molecule has 1 amide bonds. The molecule has 1 aromatic heterocycles. The van der Waals surface area contributed by atoms with Gasteiger partial charge in [0, 0.05) is 37.1 Å². The van der Waals surface area contributed by atoms with E-state index in [-0.39, 0.29) is 35.8 Å². The number of hydrogen-bond donors (Lipinski definition) is 1. The Kier molecular flexibility index (Phi) is 6.86. The van der Waals surface area contributed by atoms with Gasteiger partial charge in [0.2, 0.25) is 15.9 Å². The Morgan fingerprint density at radius 1 is 1.12 bits per heavy atom. The first-order valence-corrected chi connectivity index (χ1v) is 12.2. The van der Waals surface area contributed by atoms with Crippen LogP contribution < -0.4 is 10.1 Å². The fourth-order valence-corrected chi connectivity index (χ4v) is 5.20. The highest BCUT2D eigenvalue weighted by molar-refractivity contribution is 7.89. The maximum Gasteiger partial charge on any atom is 0.321 e. The highest BCUT2D eigenvalue weighted by atomic mass is 32.2. The Balaban J connectivity index is 1.35. The summed E-state index contributed by atoms with van der Waals surface area (Å²) >= 11 is 0. The van der Waals surface area contributed by atoms with Gasteiger partial charge < -0.3 is 10.1 Å². The molecular formula is C24H23N5O4S. The van der Waals surface area contributed by atoms with Gasteiger partial charge >= 0.3 is 6.01 Å². The maximum absolute atomic E-state index is 12.9. The number of hydrogen-bond acceptors (Lipinski definition) is 7. The molecule has 0 bridgehead atoms. The van der Waals surface area contributed by atoms with Crippen LogP contribution >= 0.6 is 0 Å². The summed E-state index contributed by atoms with van der Waals surface area (Å²) in [5.41, 5.74) is 1.89. The number of ether oxygens (including phenoxy) is 1. The van der Waals surface area contributed by atoms with E-state index in [4.69, 9.17) is 10.00 Å². The average Bonchev–Trinajstić information content (AvgIpc) is 2.86. The lowest BCUT2D eigenvalue weighted by atomic mass is 9.97. The molecule has 0 spiro atoms. The smallest absolute Gasteiger partial charge is 0.321 e. The molecular weight excluding hydrogens is 454 g/mol. The Labute approximate surface area is 198 Å². The number of carbonyl (C=O) groups excluding carboxylic acids is 1. The molecule has 174 valence electrons. The first kappa shape index (κ1) is 23.4. The summed E-state index contributed by atoms with van der Waals surface area (Å²) in [6.45, 7) is 2.37. The molecule has 0 unspecified atom stereocenters. The number of piperidine rings is 1. The van der Waals surface area contributed by atoms with E-state index in [0.29, 0.717) is 29.8 Å². The zero-order chi connectivity index (χ0) is 24.1. The van der Waals surface area contributed by atoms with Gasteiger partial charge in [-0.2, -0.15) is 9.57 Å². The Morgan fingerprint density at radius 3 is 2.41 bits per heavy atom. The van der Waals surface area contributed by atoms with Gasteiger partial charge in [-0.1, -0.05) is 0 Å². The number of benzene rings is 2. The summed E-state index contributed by atoms with van der Waals surface area (Å²) < 4.78 is 32.8. The summed E-state index contributed by atoms with van der Waals surface area (Å²) in [4.78, 5) is 21.0. The van der Waals surface area contributed by atoms with Gasteiger partial charge in [-0.05, 0) is 73.9 Å². The Hall–Kier alpha value is -3.81. The minimum atomic E-state index is -3.66. The van der Waals surface area contributed by atoms with Gasteiger partial charge in [-0.3, -0.25) is 4.79 Å². The summed E-state index contributed by atoms with van der Waals surface area (Å²) in [5, 5.41) is 11.8. The summed E-state index contributed by atoms with van der Waals surface area (Å²) in [7, 11) is -3.66. The van der Waals surface area contributed by atoms with Crippen LogP contribution in [0.1, 0.15) is 24.0 Å². The van der Waals surface area contributed by atoms with Crippen LogP contribution in [0.25, 0.3) is 0 Å². The van der Waals surface area contributed by atoms with Crippen LogP contribution in [0.5, 0.6) is 11.8 Å². The third-order valence-corrected chi connectivity index (χ3v) is 7.57. The minimum absolute atomic E-state index is 0.140. The number of rotatable bonds is 6. The van der Waals surface area contributed by atoms with Crippen LogP contribution in [0, 0.1) is 24.2 Å². The number of nitrogens with one attached hydrogen (secondary N) is 1. The van der Waals surface area contributed by atoms with Crippen molar-refractivity contribution in [3.63, 3.8) is 0 Å². The van der Waals surface area contributed by atoms with Crippen molar-refractivity contribution in [2.75, 3.05) is 18.4 Å². The third kappa shape index (κ3) is 5.22. The molecule has 1 fully saturated rings. The Morgan fingerprint density at radius 2 is 1.79 bits per heavy atom. The van der Waals surface area contributed by atoms with E-state index in [0.717, 1.165) is 5.56 Å². The molecule has 1 aliphatic rings. The molecule has 2 aromatic carbocycles. The fourth-order valence-electron chi connectivity index (χ4n) is 3.73. The molecule has 1 aliphatic heterocycles. The topological polar surface area (TPSA) is 125 Å². The molecule has 0 atom stereocenters. The lowest BCUT2D eigenvalue weighted by molar-refractivity contribution is -0.120. The quantitative estimate of drug-likeness (QED) is 0.576. The lowest BCUT2D eigenvalue weighted by Gasteiger charge is -2.30. The van der Waals surface area contributed by atoms with E-state index in [1.165, 1.54) is 28.6 Å². The van der Waals surface area contributed by atoms with E-state index < -0.39 is 10.0 Å². The molecule has 0 radical (unpaired) electrons. The molecule has 1 N–H and O–H groups in total. The van der Waals surface area contributed by atoms with Crippen LogP contribution in [0.15, 0.2) is 65.8 Å². The highest BCUT2D eigenvalue weighted by Crippen LogP contribution is 2.27. The zero-order valence-electron chi connectivity index (χ0n) is 18.5. The summed E-state index contributed by atoms with van der Waals surface area (Å²) in [6, 6.07) is 15.0. The molecule has 9 nitrogen and oxygen atoms in total. The molecule has 2 heterocycles. The number of sulfonamides is 1. The van der Waals surface area contributed by atoms with Gasteiger partial charge in [-0.15, -0.1) is 0 Å². The third-order valence-electron chi connectivity index (χ3n) is 5.65. The monoisotopic (exact) mass is 477 g/mol. The number of amides is 1. The van der Waals surface area contributed by atoms with Gasteiger partial charge in [0.05, 0.1) is 16.5 Å². The molecule has 34 heavy (non-hydrogen) atoms. The second-order valence-corrected chi connectivity index (χ2v) is 9.85. The molecule has 4 rings (SSSR count). The van der Waals surface area contributed by atoms with E-state index in [2.05, 4.69) is 15.3 Å². The molecule has 10 heteroatoms. The number of aryl methyl sites for hydroxylation is 1. The number of nitrogens with zero attached hydrogens (tertiary/aromatic N) is 4. The number of anilines is 1. The van der Waals surface area contributed by atoms with Crippen molar-refractivity contribution < 1.29 is 17.9 Å². The van der Waals surface area contributed by atoms with Gasteiger partial charge in [0.15, 0.2) is 0 Å². The molecule has 1 saturated heterocycles. The van der Waals surface area contributed by atoms with Crippen LogP contribution in [0.3, 0.4) is 0 Å². The standard InChI is InChI=1S/C24H23N5O4S/c1-17-15-20(33-24-26-11-2-12-27-24)5-8-22(17)28-23(30)19-9-13-29(14-10-19)34(31,32)21-6-3-18(16-25)4-7-21/h2-8,11-12,15,19H,9-10,13-14H2,1H3,(H,28,30). The van der Waals surface area contributed by atoms with Crippen molar-refractivity contribution in [3.05, 3.63) is 72.1 Å². The summed E-state index contributed by atoms with van der Waals surface area (Å²) in [6.07, 6.45) is 4.02. The second-order valence-electron chi connectivity index (χ2n) is 7.91. The van der Waals surface area contributed by atoms with Crippen LogP contribution in [-0.2, 0) is 14.8 Å².